The van der Waals surface area contributed by atoms with Gasteiger partial charge in [-0.1, -0.05) is 39.3 Å². The summed E-state index contributed by atoms with van der Waals surface area (Å²) in [6.07, 6.45) is 3.17. The number of hydrogen-bond acceptors (Lipinski definition) is 5. The Balaban J connectivity index is 1.36. The van der Waals surface area contributed by atoms with Gasteiger partial charge in [-0.2, -0.15) is 0 Å². The van der Waals surface area contributed by atoms with Crippen LogP contribution in [0.5, 0.6) is 0 Å². The zero-order valence-electron chi connectivity index (χ0n) is 23.5. The van der Waals surface area contributed by atoms with Crippen molar-refractivity contribution in [2.75, 3.05) is 62.6 Å². The number of carbonyl (C=O) groups excluding carboxylic acids is 3. The third-order valence-electron chi connectivity index (χ3n) is 8.30. The summed E-state index contributed by atoms with van der Waals surface area (Å²) in [6.45, 7) is 12.0. The van der Waals surface area contributed by atoms with Gasteiger partial charge < -0.3 is 25.3 Å². The van der Waals surface area contributed by atoms with Crippen LogP contribution in [-0.2, 0) is 10.2 Å². The van der Waals surface area contributed by atoms with Gasteiger partial charge in [0.2, 0.25) is 5.91 Å². The minimum absolute atomic E-state index is 0.00298. The number of anilines is 2. The van der Waals surface area contributed by atoms with Crippen LogP contribution >= 0.6 is 0 Å². The van der Waals surface area contributed by atoms with E-state index < -0.39 is 0 Å². The molecule has 1 aliphatic carbocycles. The number of hydrogen-bond donors (Lipinski definition) is 2. The van der Waals surface area contributed by atoms with Crippen molar-refractivity contribution >= 4 is 29.1 Å². The molecule has 2 aromatic carbocycles. The van der Waals surface area contributed by atoms with Crippen LogP contribution in [0.3, 0.4) is 0 Å². The lowest BCUT2D eigenvalue weighted by molar-refractivity contribution is -0.138. The predicted octanol–water partition coefficient (Wildman–Crippen LogP) is 3.73. The molecule has 8 nitrogen and oxygen atoms in total. The zero-order valence-corrected chi connectivity index (χ0v) is 23.5. The first-order valence-electron chi connectivity index (χ1n) is 14.3. The number of benzene rings is 2. The molecule has 3 fully saturated rings. The molecule has 3 aliphatic rings. The molecule has 0 spiro atoms. The Kier molecular flexibility index (Phi) is 7.93. The number of rotatable bonds is 5. The molecule has 3 amide bonds. The molecule has 0 aromatic heterocycles. The van der Waals surface area contributed by atoms with E-state index in [0.29, 0.717) is 56.1 Å². The molecule has 0 radical (unpaired) electrons. The highest BCUT2D eigenvalue weighted by molar-refractivity contribution is 6.07. The van der Waals surface area contributed by atoms with Crippen molar-refractivity contribution in [1.82, 2.24) is 15.1 Å². The molecule has 8 heteroatoms. The highest BCUT2D eigenvalue weighted by Gasteiger charge is 2.32. The van der Waals surface area contributed by atoms with E-state index in [-0.39, 0.29) is 29.1 Å². The average Bonchev–Trinajstić information content (AvgIpc) is 2.92. The van der Waals surface area contributed by atoms with Crippen molar-refractivity contribution in [3.63, 3.8) is 0 Å². The molecule has 2 heterocycles. The summed E-state index contributed by atoms with van der Waals surface area (Å²) in [6, 6.07) is 13.3. The Morgan fingerprint density at radius 3 is 2.05 bits per heavy atom. The van der Waals surface area contributed by atoms with E-state index in [4.69, 9.17) is 0 Å². The topological polar surface area (TPSA) is 85.0 Å². The number of amides is 3. The minimum Gasteiger partial charge on any atom is -0.366 e. The number of carbonyl (C=O) groups is 3. The average molecular weight is 532 g/mol. The van der Waals surface area contributed by atoms with Gasteiger partial charge in [-0.15, -0.1) is 0 Å². The molecule has 2 aromatic rings. The van der Waals surface area contributed by atoms with Crippen molar-refractivity contribution in [2.45, 2.75) is 45.4 Å². The second-order valence-electron chi connectivity index (χ2n) is 12.0. The van der Waals surface area contributed by atoms with E-state index in [0.717, 1.165) is 43.6 Å². The van der Waals surface area contributed by atoms with Gasteiger partial charge in [-0.05, 0) is 54.2 Å². The van der Waals surface area contributed by atoms with E-state index in [2.05, 4.69) is 36.3 Å². The summed E-state index contributed by atoms with van der Waals surface area (Å²) >= 11 is 0. The molecule has 0 unspecified atom stereocenters. The standard InChI is InChI=1S/C31H41N5O3/c1-31(2,3)25-10-7-22(8-11-25)28(37)33-26-21-24(30(39)35-15-13-32-14-16-35)9-12-27(26)34-17-19-36(20-18-34)29(38)23-5-4-6-23/h7-12,21,23,32H,4-6,13-20H2,1-3H3,(H,33,37). The lowest BCUT2D eigenvalue weighted by atomic mass is 9.84. The van der Waals surface area contributed by atoms with Gasteiger partial charge in [0.1, 0.15) is 0 Å². The first-order valence-corrected chi connectivity index (χ1v) is 14.3. The summed E-state index contributed by atoms with van der Waals surface area (Å²) in [5, 5.41) is 6.39. The second kappa shape index (κ2) is 11.4. The maximum Gasteiger partial charge on any atom is 0.255 e. The predicted molar refractivity (Wildman–Crippen MR) is 154 cm³/mol. The van der Waals surface area contributed by atoms with Gasteiger partial charge in [-0.3, -0.25) is 14.4 Å². The van der Waals surface area contributed by atoms with E-state index in [1.54, 1.807) is 0 Å². The van der Waals surface area contributed by atoms with Crippen molar-refractivity contribution in [2.24, 2.45) is 5.92 Å². The van der Waals surface area contributed by atoms with Crippen LogP contribution in [0.15, 0.2) is 42.5 Å². The maximum absolute atomic E-state index is 13.4. The maximum atomic E-state index is 13.4. The van der Waals surface area contributed by atoms with Gasteiger partial charge >= 0.3 is 0 Å². The van der Waals surface area contributed by atoms with Crippen LogP contribution in [0.25, 0.3) is 0 Å². The lowest BCUT2D eigenvalue weighted by Crippen LogP contribution is -2.51. The summed E-state index contributed by atoms with van der Waals surface area (Å²) in [5.74, 6) is 0.253. The monoisotopic (exact) mass is 531 g/mol. The minimum atomic E-state index is -0.206. The van der Waals surface area contributed by atoms with Crippen LogP contribution in [0.4, 0.5) is 11.4 Å². The molecule has 2 saturated heterocycles. The lowest BCUT2D eigenvalue weighted by Gasteiger charge is -2.39. The Morgan fingerprint density at radius 1 is 0.821 bits per heavy atom. The van der Waals surface area contributed by atoms with Crippen LogP contribution in [-0.4, -0.2) is 79.9 Å². The fourth-order valence-corrected chi connectivity index (χ4v) is 5.49. The molecular weight excluding hydrogens is 490 g/mol. The highest BCUT2D eigenvalue weighted by atomic mass is 16.2. The van der Waals surface area contributed by atoms with Crippen molar-refractivity contribution < 1.29 is 14.4 Å². The first kappa shape index (κ1) is 27.2. The highest BCUT2D eigenvalue weighted by Crippen LogP contribution is 2.32. The number of nitrogens with one attached hydrogen (secondary N) is 2. The molecule has 1 saturated carbocycles. The van der Waals surface area contributed by atoms with Crippen molar-refractivity contribution in [1.29, 1.82) is 0 Å². The SMILES string of the molecule is CC(C)(C)c1ccc(C(=O)Nc2cc(C(=O)N3CCNCC3)ccc2N2CCN(C(=O)C3CCC3)CC2)cc1. The molecule has 5 rings (SSSR count). The zero-order chi connectivity index (χ0) is 27.6. The number of nitrogens with zero attached hydrogens (tertiary/aromatic N) is 3. The van der Waals surface area contributed by atoms with Gasteiger partial charge in [-0.25, -0.2) is 0 Å². The quantitative estimate of drug-likeness (QED) is 0.614. The van der Waals surface area contributed by atoms with Crippen LogP contribution in [0.2, 0.25) is 0 Å². The smallest absolute Gasteiger partial charge is 0.255 e. The third kappa shape index (κ3) is 6.11. The molecule has 0 atom stereocenters. The van der Waals surface area contributed by atoms with E-state index >= 15 is 0 Å². The second-order valence-corrected chi connectivity index (χ2v) is 12.0. The van der Waals surface area contributed by atoms with Crippen LogP contribution in [0, 0.1) is 5.92 Å². The molecule has 39 heavy (non-hydrogen) atoms. The van der Waals surface area contributed by atoms with E-state index in [9.17, 15) is 14.4 Å². The van der Waals surface area contributed by atoms with Crippen molar-refractivity contribution in [3.05, 3.63) is 59.2 Å². The summed E-state index contributed by atoms with van der Waals surface area (Å²) in [5.41, 5.74) is 3.81. The first-order chi connectivity index (χ1) is 18.7. The van der Waals surface area contributed by atoms with Crippen LogP contribution < -0.4 is 15.5 Å². The Hall–Kier alpha value is -3.39. The Bertz CT molecular complexity index is 1200. The summed E-state index contributed by atoms with van der Waals surface area (Å²) < 4.78 is 0. The van der Waals surface area contributed by atoms with Gasteiger partial charge in [0.15, 0.2) is 0 Å². The van der Waals surface area contributed by atoms with Gasteiger partial charge in [0, 0.05) is 69.4 Å². The van der Waals surface area contributed by atoms with E-state index in [1.165, 1.54) is 0 Å². The molecule has 2 N–H and O–H groups in total. The summed E-state index contributed by atoms with van der Waals surface area (Å²) in [4.78, 5) is 45.4. The van der Waals surface area contributed by atoms with Gasteiger partial charge in [0.25, 0.3) is 11.8 Å². The van der Waals surface area contributed by atoms with Gasteiger partial charge in [0.05, 0.1) is 11.4 Å². The van der Waals surface area contributed by atoms with E-state index in [1.807, 2.05) is 52.3 Å². The normalized spacial score (nSPS) is 18.5. The largest absolute Gasteiger partial charge is 0.366 e. The molecular formula is C31H41N5O3. The fraction of sp³-hybridized carbons (Fsp3) is 0.516. The van der Waals surface area contributed by atoms with Crippen molar-refractivity contribution in [3.8, 4) is 0 Å². The van der Waals surface area contributed by atoms with Crippen LogP contribution in [0.1, 0.15) is 66.3 Å². The molecule has 2 aliphatic heterocycles. The third-order valence-corrected chi connectivity index (χ3v) is 8.30. The summed E-state index contributed by atoms with van der Waals surface area (Å²) in [7, 11) is 0. The Morgan fingerprint density at radius 2 is 1.46 bits per heavy atom. The number of piperazine rings is 2. The molecule has 208 valence electrons. The molecule has 0 bridgehead atoms. The fourth-order valence-electron chi connectivity index (χ4n) is 5.49. The Labute approximate surface area is 231 Å².